The van der Waals surface area contributed by atoms with Crippen molar-refractivity contribution in [1.29, 1.82) is 0 Å². The Morgan fingerprint density at radius 3 is 2.84 bits per heavy atom. The molecule has 0 radical (unpaired) electrons. The summed E-state index contributed by atoms with van der Waals surface area (Å²) in [6.07, 6.45) is 3.42. The van der Waals surface area contributed by atoms with Gasteiger partial charge < -0.3 is 11.1 Å². The molecule has 2 rings (SSSR count). The fraction of sp³-hybridized carbons (Fsp3) is 0.143. The highest BCUT2D eigenvalue weighted by Gasteiger charge is 2.12. The SMILES string of the molecule is C[C@H](NC(=O)c1ccc(N)c(Cl)c1)c1cccnc1. The average molecular weight is 276 g/mol. The number of nitrogens with two attached hydrogens (primary N) is 1. The molecule has 0 aliphatic rings. The molecular formula is C14H14ClN3O. The van der Waals surface area contributed by atoms with Crippen molar-refractivity contribution >= 4 is 23.2 Å². The van der Waals surface area contributed by atoms with Crippen LogP contribution in [0.1, 0.15) is 28.9 Å². The van der Waals surface area contributed by atoms with Crippen LogP contribution >= 0.6 is 11.6 Å². The Morgan fingerprint density at radius 1 is 1.42 bits per heavy atom. The van der Waals surface area contributed by atoms with Crippen molar-refractivity contribution in [1.82, 2.24) is 10.3 Å². The molecule has 0 spiro atoms. The maximum atomic E-state index is 12.1. The third kappa shape index (κ3) is 3.23. The lowest BCUT2D eigenvalue weighted by Crippen LogP contribution is -2.26. The molecular weight excluding hydrogens is 262 g/mol. The smallest absolute Gasteiger partial charge is 0.251 e. The molecule has 1 heterocycles. The second-order valence-corrected chi connectivity index (χ2v) is 4.63. The zero-order valence-corrected chi connectivity index (χ0v) is 11.2. The lowest BCUT2D eigenvalue weighted by atomic mass is 10.1. The van der Waals surface area contributed by atoms with Gasteiger partial charge in [0.1, 0.15) is 0 Å². The molecule has 0 bridgehead atoms. The zero-order chi connectivity index (χ0) is 13.8. The van der Waals surface area contributed by atoms with Crippen LogP contribution in [0.25, 0.3) is 0 Å². The summed E-state index contributed by atoms with van der Waals surface area (Å²) in [5.74, 6) is -0.196. The first-order chi connectivity index (χ1) is 9.08. The molecule has 5 heteroatoms. The molecule has 1 atom stereocenters. The number of benzene rings is 1. The van der Waals surface area contributed by atoms with Crippen LogP contribution in [-0.2, 0) is 0 Å². The molecule has 0 unspecified atom stereocenters. The van der Waals surface area contributed by atoms with Gasteiger partial charge in [-0.15, -0.1) is 0 Å². The van der Waals surface area contributed by atoms with Crippen LogP contribution in [0, 0.1) is 0 Å². The largest absolute Gasteiger partial charge is 0.398 e. The van der Waals surface area contributed by atoms with E-state index in [1.54, 1.807) is 30.6 Å². The first kappa shape index (κ1) is 13.4. The second kappa shape index (κ2) is 5.71. The van der Waals surface area contributed by atoms with Gasteiger partial charge in [0.2, 0.25) is 0 Å². The van der Waals surface area contributed by atoms with E-state index in [0.29, 0.717) is 16.3 Å². The maximum absolute atomic E-state index is 12.1. The number of nitrogens with one attached hydrogen (secondary N) is 1. The Balaban J connectivity index is 2.11. The van der Waals surface area contributed by atoms with Crippen molar-refractivity contribution in [2.75, 3.05) is 5.73 Å². The average Bonchev–Trinajstić information content (AvgIpc) is 2.42. The van der Waals surface area contributed by atoms with E-state index in [2.05, 4.69) is 10.3 Å². The van der Waals surface area contributed by atoms with Crippen LogP contribution in [0.5, 0.6) is 0 Å². The minimum atomic E-state index is -0.196. The monoisotopic (exact) mass is 275 g/mol. The fourth-order valence-corrected chi connectivity index (χ4v) is 1.84. The summed E-state index contributed by atoms with van der Waals surface area (Å²) in [4.78, 5) is 16.1. The first-order valence-corrected chi connectivity index (χ1v) is 6.21. The van der Waals surface area contributed by atoms with E-state index in [4.69, 9.17) is 17.3 Å². The molecule has 0 saturated heterocycles. The van der Waals surface area contributed by atoms with Crippen LogP contribution in [0.4, 0.5) is 5.69 Å². The quantitative estimate of drug-likeness (QED) is 0.847. The summed E-state index contributed by atoms with van der Waals surface area (Å²) in [6, 6.07) is 8.43. The predicted molar refractivity (Wildman–Crippen MR) is 76.0 cm³/mol. The van der Waals surface area contributed by atoms with Crippen molar-refractivity contribution in [3.05, 3.63) is 58.9 Å². The Labute approximate surface area is 116 Å². The van der Waals surface area contributed by atoms with E-state index in [1.807, 2.05) is 19.1 Å². The number of nitrogen functional groups attached to an aromatic ring is 1. The predicted octanol–water partition coefficient (Wildman–Crippen LogP) is 2.81. The molecule has 4 nitrogen and oxygen atoms in total. The highest BCUT2D eigenvalue weighted by atomic mass is 35.5. The van der Waals surface area contributed by atoms with Gasteiger partial charge in [0.25, 0.3) is 5.91 Å². The van der Waals surface area contributed by atoms with Crippen molar-refractivity contribution in [3.63, 3.8) is 0 Å². The van der Waals surface area contributed by atoms with Gasteiger partial charge in [0, 0.05) is 18.0 Å². The number of halogens is 1. The van der Waals surface area contributed by atoms with E-state index in [9.17, 15) is 4.79 Å². The van der Waals surface area contributed by atoms with Gasteiger partial charge >= 0.3 is 0 Å². The van der Waals surface area contributed by atoms with Gasteiger partial charge in [-0.1, -0.05) is 17.7 Å². The molecule has 19 heavy (non-hydrogen) atoms. The molecule has 0 aliphatic heterocycles. The summed E-state index contributed by atoms with van der Waals surface area (Å²) in [6.45, 7) is 1.90. The Kier molecular flexibility index (Phi) is 4.02. The lowest BCUT2D eigenvalue weighted by molar-refractivity contribution is 0.0940. The summed E-state index contributed by atoms with van der Waals surface area (Å²) in [5.41, 5.74) is 7.49. The summed E-state index contributed by atoms with van der Waals surface area (Å²) in [5, 5.41) is 3.26. The van der Waals surface area contributed by atoms with E-state index < -0.39 is 0 Å². The van der Waals surface area contributed by atoms with Crippen LogP contribution in [0.3, 0.4) is 0 Å². The Morgan fingerprint density at radius 2 is 2.21 bits per heavy atom. The van der Waals surface area contributed by atoms with Gasteiger partial charge in [-0.3, -0.25) is 9.78 Å². The number of nitrogens with zero attached hydrogens (tertiary/aromatic N) is 1. The second-order valence-electron chi connectivity index (χ2n) is 4.22. The number of hydrogen-bond acceptors (Lipinski definition) is 3. The molecule has 0 aliphatic carbocycles. The molecule has 0 fully saturated rings. The Bertz CT molecular complexity index is 586. The van der Waals surface area contributed by atoms with Crippen molar-refractivity contribution in [2.45, 2.75) is 13.0 Å². The first-order valence-electron chi connectivity index (χ1n) is 5.83. The molecule has 0 saturated carbocycles. The van der Waals surface area contributed by atoms with Gasteiger partial charge in [-0.05, 0) is 36.8 Å². The van der Waals surface area contributed by atoms with Gasteiger partial charge in [0.15, 0.2) is 0 Å². The summed E-state index contributed by atoms with van der Waals surface area (Å²) in [7, 11) is 0. The van der Waals surface area contributed by atoms with E-state index in [0.717, 1.165) is 5.56 Å². The summed E-state index contributed by atoms with van der Waals surface area (Å²) < 4.78 is 0. The molecule has 1 aromatic carbocycles. The van der Waals surface area contributed by atoms with Crippen LogP contribution in [-0.4, -0.2) is 10.9 Å². The zero-order valence-electron chi connectivity index (χ0n) is 10.4. The van der Waals surface area contributed by atoms with Gasteiger partial charge in [0.05, 0.1) is 16.8 Å². The third-order valence-electron chi connectivity index (χ3n) is 2.79. The minimum absolute atomic E-state index is 0.127. The normalized spacial score (nSPS) is 11.9. The maximum Gasteiger partial charge on any atom is 0.251 e. The minimum Gasteiger partial charge on any atom is -0.398 e. The van der Waals surface area contributed by atoms with Gasteiger partial charge in [-0.2, -0.15) is 0 Å². The number of anilines is 1. The number of aromatic nitrogens is 1. The molecule has 1 aromatic heterocycles. The highest BCUT2D eigenvalue weighted by molar-refractivity contribution is 6.33. The Hall–Kier alpha value is -2.07. The highest BCUT2D eigenvalue weighted by Crippen LogP contribution is 2.20. The standard InChI is InChI=1S/C14H14ClN3O/c1-9(11-3-2-6-17-8-11)18-14(19)10-4-5-13(16)12(15)7-10/h2-9H,16H2,1H3,(H,18,19)/t9-/m0/s1. The molecule has 3 N–H and O–H groups in total. The fourth-order valence-electron chi connectivity index (χ4n) is 1.66. The number of carbonyl (C=O) groups is 1. The van der Waals surface area contributed by atoms with Crippen molar-refractivity contribution in [3.8, 4) is 0 Å². The topological polar surface area (TPSA) is 68.0 Å². The lowest BCUT2D eigenvalue weighted by Gasteiger charge is -2.14. The van der Waals surface area contributed by atoms with Crippen LogP contribution in [0.2, 0.25) is 5.02 Å². The number of hydrogen-bond donors (Lipinski definition) is 2. The van der Waals surface area contributed by atoms with Crippen LogP contribution in [0.15, 0.2) is 42.7 Å². The van der Waals surface area contributed by atoms with Crippen molar-refractivity contribution in [2.24, 2.45) is 0 Å². The third-order valence-corrected chi connectivity index (χ3v) is 3.12. The van der Waals surface area contributed by atoms with E-state index in [1.165, 1.54) is 0 Å². The van der Waals surface area contributed by atoms with E-state index in [-0.39, 0.29) is 11.9 Å². The number of pyridine rings is 1. The van der Waals surface area contributed by atoms with Crippen molar-refractivity contribution < 1.29 is 4.79 Å². The molecule has 98 valence electrons. The number of amides is 1. The summed E-state index contributed by atoms with van der Waals surface area (Å²) >= 11 is 5.90. The number of carbonyl (C=O) groups excluding carboxylic acids is 1. The number of rotatable bonds is 3. The molecule has 1 amide bonds. The molecule has 2 aromatic rings. The van der Waals surface area contributed by atoms with Gasteiger partial charge in [-0.25, -0.2) is 0 Å². The van der Waals surface area contributed by atoms with Crippen LogP contribution < -0.4 is 11.1 Å². The van der Waals surface area contributed by atoms with E-state index >= 15 is 0 Å².